The minimum atomic E-state index is -0.00521. The van der Waals surface area contributed by atoms with Gasteiger partial charge in [0.15, 0.2) is 5.82 Å². The van der Waals surface area contributed by atoms with Crippen molar-refractivity contribution in [3.63, 3.8) is 0 Å². The number of rotatable bonds is 9. The molecule has 2 aromatic carbocycles. The number of hydrogen-bond acceptors (Lipinski definition) is 5. The first kappa shape index (κ1) is 23.9. The average Bonchev–Trinajstić information content (AvgIpc) is 2.88. The maximum Gasteiger partial charge on any atom is 0.224 e. The molecule has 0 bridgehead atoms. The van der Waals surface area contributed by atoms with Gasteiger partial charge in [0.25, 0.3) is 0 Å². The van der Waals surface area contributed by atoms with Crippen LogP contribution in [0.4, 0.5) is 5.82 Å². The van der Waals surface area contributed by atoms with Crippen LogP contribution in [0.15, 0.2) is 66.7 Å². The highest BCUT2D eigenvalue weighted by molar-refractivity contribution is 5.79. The van der Waals surface area contributed by atoms with Crippen LogP contribution >= 0.6 is 0 Å². The summed E-state index contributed by atoms with van der Waals surface area (Å²) < 4.78 is 0. The van der Waals surface area contributed by atoms with Crippen molar-refractivity contribution in [2.75, 3.05) is 38.1 Å². The molecule has 178 valence electrons. The Morgan fingerprint density at radius 3 is 2.59 bits per heavy atom. The third kappa shape index (κ3) is 6.64. The molecule has 1 aromatic heterocycles. The number of hydrogen-bond donors (Lipinski definition) is 1. The van der Waals surface area contributed by atoms with Crippen LogP contribution in [0.5, 0.6) is 0 Å². The lowest BCUT2D eigenvalue weighted by Gasteiger charge is -2.32. The summed E-state index contributed by atoms with van der Waals surface area (Å²) >= 11 is 0. The summed E-state index contributed by atoms with van der Waals surface area (Å²) in [4.78, 5) is 17.3. The standard InChI is InChI=1S/C28H35N5O/c1-22-11-13-24(14-12-22)26-15-16-27(31-30-26)33-19-6-10-25(21-33)28(34)29-17-7-18-32(2)20-23-8-4-3-5-9-23/h3-5,8-9,11-16,25H,6-7,10,17-21H2,1-2H3,(H,29,34)/t25-/m1/s1. The van der Waals surface area contributed by atoms with Gasteiger partial charge >= 0.3 is 0 Å². The Morgan fingerprint density at radius 1 is 1.06 bits per heavy atom. The van der Waals surface area contributed by atoms with Gasteiger partial charge in [-0.3, -0.25) is 4.79 Å². The zero-order valence-electron chi connectivity index (χ0n) is 20.3. The van der Waals surface area contributed by atoms with Crippen molar-refractivity contribution in [1.82, 2.24) is 20.4 Å². The van der Waals surface area contributed by atoms with E-state index < -0.39 is 0 Å². The Kier molecular flexibility index (Phi) is 8.26. The van der Waals surface area contributed by atoms with Crippen LogP contribution in [0, 0.1) is 12.8 Å². The first-order chi connectivity index (χ1) is 16.6. The van der Waals surface area contributed by atoms with Crippen LogP contribution in [-0.4, -0.2) is 54.2 Å². The van der Waals surface area contributed by atoms with E-state index in [1.807, 2.05) is 18.2 Å². The SMILES string of the molecule is Cc1ccc(-c2ccc(N3CCC[C@@H](C(=O)NCCCN(C)Cc4ccccc4)C3)nn2)cc1. The first-order valence-electron chi connectivity index (χ1n) is 12.2. The minimum absolute atomic E-state index is 0.00521. The number of amides is 1. The molecule has 1 aliphatic heterocycles. The van der Waals surface area contributed by atoms with Gasteiger partial charge in [0.05, 0.1) is 11.6 Å². The van der Waals surface area contributed by atoms with Crippen molar-refractivity contribution in [3.8, 4) is 11.3 Å². The summed E-state index contributed by atoms with van der Waals surface area (Å²) in [6.45, 7) is 6.27. The normalized spacial score (nSPS) is 16.0. The van der Waals surface area contributed by atoms with Gasteiger partial charge in [-0.1, -0.05) is 60.2 Å². The lowest BCUT2D eigenvalue weighted by atomic mass is 9.97. The predicted molar refractivity (Wildman–Crippen MR) is 138 cm³/mol. The smallest absolute Gasteiger partial charge is 0.224 e. The molecule has 0 unspecified atom stereocenters. The van der Waals surface area contributed by atoms with Crippen LogP contribution in [-0.2, 0) is 11.3 Å². The summed E-state index contributed by atoms with van der Waals surface area (Å²) in [6, 6.07) is 22.8. The number of aromatic nitrogens is 2. The molecule has 34 heavy (non-hydrogen) atoms. The molecular weight excluding hydrogens is 422 g/mol. The van der Waals surface area contributed by atoms with Crippen molar-refractivity contribution >= 4 is 11.7 Å². The van der Waals surface area contributed by atoms with E-state index in [4.69, 9.17) is 0 Å². The summed E-state index contributed by atoms with van der Waals surface area (Å²) in [5.41, 5.74) is 4.47. The van der Waals surface area contributed by atoms with Crippen LogP contribution < -0.4 is 10.2 Å². The zero-order valence-corrected chi connectivity index (χ0v) is 20.3. The molecule has 3 aromatic rings. The lowest BCUT2D eigenvalue weighted by molar-refractivity contribution is -0.125. The quantitative estimate of drug-likeness (QED) is 0.485. The summed E-state index contributed by atoms with van der Waals surface area (Å²) in [7, 11) is 2.12. The second-order valence-corrected chi connectivity index (χ2v) is 9.30. The van der Waals surface area contributed by atoms with E-state index in [-0.39, 0.29) is 11.8 Å². The molecule has 0 spiro atoms. The molecule has 0 aliphatic carbocycles. The Morgan fingerprint density at radius 2 is 1.85 bits per heavy atom. The number of piperidine rings is 1. The molecule has 1 N–H and O–H groups in total. The molecule has 4 rings (SSSR count). The van der Waals surface area contributed by atoms with Gasteiger partial charge in [-0.25, -0.2) is 0 Å². The maximum absolute atomic E-state index is 12.8. The molecular formula is C28H35N5O. The zero-order chi connectivity index (χ0) is 23.8. The highest BCUT2D eigenvalue weighted by Gasteiger charge is 2.26. The van der Waals surface area contributed by atoms with Crippen molar-refractivity contribution < 1.29 is 4.79 Å². The molecule has 1 aliphatic rings. The number of anilines is 1. The molecule has 6 nitrogen and oxygen atoms in total. The van der Waals surface area contributed by atoms with Crippen LogP contribution in [0.2, 0.25) is 0 Å². The predicted octanol–water partition coefficient (Wildman–Crippen LogP) is 4.31. The molecule has 0 saturated carbocycles. The molecule has 1 fully saturated rings. The van der Waals surface area contributed by atoms with Crippen LogP contribution in [0.1, 0.15) is 30.4 Å². The summed E-state index contributed by atoms with van der Waals surface area (Å²) in [5, 5.41) is 12.0. The van der Waals surface area contributed by atoms with Gasteiger partial charge in [0.2, 0.25) is 5.91 Å². The Hall–Kier alpha value is -3.25. The van der Waals surface area contributed by atoms with Crippen LogP contribution in [0.3, 0.4) is 0 Å². The Balaban J connectivity index is 1.22. The van der Waals surface area contributed by atoms with Gasteiger partial charge in [-0.15, -0.1) is 10.2 Å². The number of carbonyl (C=O) groups is 1. The molecule has 1 saturated heterocycles. The third-order valence-electron chi connectivity index (χ3n) is 6.43. The van der Waals surface area contributed by atoms with E-state index in [9.17, 15) is 4.79 Å². The number of carbonyl (C=O) groups excluding carboxylic acids is 1. The van der Waals surface area contributed by atoms with E-state index in [2.05, 4.69) is 87.8 Å². The maximum atomic E-state index is 12.8. The first-order valence-corrected chi connectivity index (χ1v) is 12.2. The van der Waals surface area contributed by atoms with Gasteiger partial charge in [0.1, 0.15) is 0 Å². The second-order valence-electron chi connectivity index (χ2n) is 9.30. The highest BCUT2D eigenvalue weighted by atomic mass is 16.1. The van der Waals surface area contributed by atoms with E-state index >= 15 is 0 Å². The van der Waals surface area contributed by atoms with Gasteiger partial charge in [0, 0.05) is 31.7 Å². The summed E-state index contributed by atoms with van der Waals surface area (Å²) in [6.07, 6.45) is 2.85. The molecule has 0 radical (unpaired) electrons. The highest BCUT2D eigenvalue weighted by Crippen LogP contribution is 2.23. The van der Waals surface area contributed by atoms with Crippen molar-refractivity contribution in [2.45, 2.75) is 32.7 Å². The monoisotopic (exact) mass is 457 g/mol. The number of benzene rings is 2. The van der Waals surface area contributed by atoms with Gasteiger partial charge in [-0.2, -0.15) is 0 Å². The third-order valence-corrected chi connectivity index (χ3v) is 6.43. The molecule has 1 atom stereocenters. The van der Waals surface area contributed by atoms with Crippen molar-refractivity contribution in [1.29, 1.82) is 0 Å². The topological polar surface area (TPSA) is 61.4 Å². The van der Waals surface area contributed by atoms with E-state index in [1.54, 1.807) is 0 Å². The van der Waals surface area contributed by atoms with Gasteiger partial charge < -0.3 is 15.1 Å². The Bertz CT molecular complexity index is 1040. The van der Waals surface area contributed by atoms with Crippen LogP contribution in [0.25, 0.3) is 11.3 Å². The molecule has 2 heterocycles. The number of nitrogens with one attached hydrogen (secondary N) is 1. The lowest BCUT2D eigenvalue weighted by Crippen LogP contribution is -2.43. The molecule has 6 heteroatoms. The van der Waals surface area contributed by atoms with E-state index in [0.29, 0.717) is 13.1 Å². The largest absolute Gasteiger partial charge is 0.356 e. The van der Waals surface area contributed by atoms with E-state index in [1.165, 1.54) is 11.1 Å². The van der Waals surface area contributed by atoms with Crippen molar-refractivity contribution in [3.05, 3.63) is 77.9 Å². The second kappa shape index (κ2) is 11.7. The average molecular weight is 458 g/mol. The van der Waals surface area contributed by atoms with E-state index in [0.717, 1.165) is 56.0 Å². The minimum Gasteiger partial charge on any atom is -0.356 e. The number of nitrogens with zero attached hydrogens (tertiary/aromatic N) is 4. The molecule has 1 amide bonds. The fourth-order valence-corrected chi connectivity index (χ4v) is 4.45. The van der Waals surface area contributed by atoms with Crippen molar-refractivity contribution in [2.24, 2.45) is 5.92 Å². The summed E-state index contributed by atoms with van der Waals surface area (Å²) in [5.74, 6) is 0.991. The Labute approximate surface area is 203 Å². The fourth-order valence-electron chi connectivity index (χ4n) is 4.45. The van der Waals surface area contributed by atoms with Gasteiger partial charge in [-0.05, 0) is 57.5 Å². The fraction of sp³-hybridized carbons (Fsp3) is 0.393. The number of aryl methyl sites for hydroxylation is 1.